The molecule has 0 aliphatic carbocycles. The van der Waals surface area contributed by atoms with Crippen LogP contribution in [0.4, 0.5) is 4.39 Å². The molecule has 0 unspecified atom stereocenters. The van der Waals surface area contributed by atoms with Gasteiger partial charge in [0.2, 0.25) is 0 Å². The second-order valence-corrected chi connectivity index (χ2v) is 4.17. The average molecular weight is 247 g/mol. The molecule has 2 rings (SSSR count). The number of nitrogens with one attached hydrogen (secondary N) is 1. The van der Waals surface area contributed by atoms with Crippen molar-refractivity contribution in [3.8, 4) is 0 Å². The Morgan fingerprint density at radius 1 is 1.39 bits per heavy atom. The van der Waals surface area contributed by atoms with Gasteiger partial charge in [-0.2, -0.15) is 0 Å². The van der Waals surface area contributed by atoms with Crippen molar-refractivity contribution in [2.24, 2.45) is 0 Å². The molecule has 1 aromatic heterocycles. The summed E-state index contributed by atoms with van der Waals surface area (Å²) < 4.78 is 18.5. The maximum Gasteiger partial charge on any atom is 0.251 e. The molecule has 3 nitrogen and oxygen atoms in total. The van der Waals surface area contributed by atoms with E-state index < -0.39 is 0 Å². The number of hydrogen-bond acceptors (Lipinski definition) is 2. The Kier molecular flexibility index (Phi) is 3.46. The molecular formula is C14H14FNO2. The van der Waals surface area contributed by atoms with E-state index in [0.717, 1.165) is 0 Å². The van der Waals surface area contributed by atoms with Gasteiger partial charge in [-0.1, -0.05) is 6.07 Å². The van der Waals surface area contributed by atoms with Gasteiger partial charge in [-0.3, -0.25) is 4.79 Å². The number of hydrogen-bond donors (Lipinski definition) is 1. The number of carbonyl (C=O) groups excluding carboxylic acids is 1. The largest absolute Gasteiger partial charge is 0.467 e. The molecule has 1 atom stereocenters. The summed E-state index contributed by atoms with van der Waals surface area (Å²) in [5.41, 5.74) is 0.821. The lowest BCUT2D eigenvalue weighted by Crippen LogP contribution is -2.26. The molecule has 0 bridgehead atoms. The summed E-state index contributed by atoms with van der Waals surface area (Å²) in [6.45, 7) is 3.46. The summed E-state index contributed by atoms with van der Waals surface area (Å²) in [5, 5.41) is 2.75. The topological polar surface area (TPSA) is 42.2 Å². The van der Waals surface area contributed by atoms with Crippen molar-refractivity contribution in [1.29, 1.82) is 0 Å². The van der Waals surface area contributed by atoms with Crippen molar-refractivity contribution < 1.29 is 13.6 Å². The maximum absolute atomic E-state index is 13.4. The van der Waals surface area contributed by atoms with Crippen LogP contribution in [0.15, 0.2) is 41.0 Å². The quantitative estimate of drug-likeness (QED) is 0.904. The molecule has 0 spiro atoms. The van der Waals surface area contributed by atoms with Crippen molar-refractivity contribution in [3.05, 3.63) is 59.3 Å². The second-order valence-electron chi connectivity index (χ2n) is 4.17. The first kappa shape index (κ1) is 12.4. The zero-order valence-corrected chi connectivity index (χ0v) is 10.2. The minimum atomic E-state index is -0.381. The molecule has 1 amide bonds. The van der Waals surface area contributed by atoms with Gasteiger partial charge in [0.05, 0.1) is 12.3 Å². The Balaban J connectivity index is 2.10. The van der Waals surface area contributed by atoms with Crippen LogP contribution in [0.25, 0.3) is 0 Å². The molecule has 1 N–H and O–H groups in total. The van der Waals surface area contributed by atoms with Crippen molar-refractivity contribution in [1.82, 2.24) is 5.32 Å². The van der Waals surface area contributed by atoms with Gasteiger partial charge in [-0.25, -0.2) is 4.39 Å². The van der Waals surface area contributed by atoms with Gasteiger partial charge in [0.15, 0.2) is 0 Å². The fourth-order valence-electron chi connectivity index (χ4n) is 1.62. The average Bonchev–Trinajstić information content (AvgIpc) is 2.86. The Morgan fingerprint density at radius 2 is 2.17 bits per heavy atom. The minimum absolute atomic E-state index is 0.253. The fraction of sp³-hybridized carbons (Fsp3) is 0.214. The van der Waals surface area contributed by atoms with Gasteiger partial charge < -0.3 is 9.73 Å². The van der Waals surface area contributed by atoms with Gasteiger partial charge in [-0.05, 0) is 43.7 Å². The summed E-state index contributed by atoms with van der Waals surface area (Å²) >= 11 is 0. The summed E-state index contributed by atoms with van der Waals surface area (Å²) in [6.07, 6.45) is 1.55. The predicted molar refractivity (Wildman–Crippen MR) is 65.7 cm³/mol. The first-order valence-corrected chi connectivity index (χ1v) is 5.68. The number of benzene rings is 1. The first-order valence-electron chi connectivity index (χ1n) is 5.68. The Labute approximate surface area is 105 Å². The third kappa shape index (κ3) is 2.59. The van der Waals surface area contributed by atoms with E-state index >= 15 is 0 Å². The van der Waals surface area contributed by atoms with Crippen LogP contribution in [0.3, 0.4) is 0 Å². The summed E-state index contributed by atoms with van der Waals surface area (Å²) in [4.78, 5) is 11.9. The lowest BCUT2D eigenvalue weighted by Gasteiger charge is -2.11. The minimum Gasteiger partial charge on any atom is -0.467 e. The molecule has 0 fully saturated rings. The van der Waals surface area contributed by atoms with E-state index in [1.807, 2.05) is 0 Å². The zero-order valence-electron chi connectivity index (χ0n) is 10.2. The van der Waals surface area contributed by atoms with Crippen LogP contribution < -0.4 is 5.32 Å². The smallest absolute Gasteiger partial charge is 0.251 e. The van der Waals surface area contributed by atoms with Gasteiger partial charge in [0.1, 0.15) is 11.6 Å². The van der Waals surface area contributed by atoms with Gasteiger partial charge in [0.25, 0.3) is 5.91 Å². The van der Waals surface area contributed by atoms with Crippen LogP contribution in [0, 0.1) is 12.7 Å². The van der Waals surface area contributed by atoms with Crippen molar-refractivity contribution in [3.63, 3.8) is 0 Å². The normalized spacial score (nSPS) is 12.2. The van der Waals surface area contributed by atoms with E-state index in [4.69, 9.17) is 4.42 Å². The molecular weight excluding hydrogens is 233 g/mol. The lowest BCUT2D eigenvalue weighted by molar-refractivity contribution is 0.0935. The van der Waals surface area contributed by atoms with E-state index in [1.54, 1.807) is 44.4 Å². The standard InChI is InChI=1S/C14H14FNO2/c1-9-5-6-11(8-12(9)15)14(17)16-10(2)13-4-3-7-18-13/h3-8,10H,1-2H3,(H,16,17)/t10-/m1/s1. The number of furan rings is 1. The Bertz CT molecular complexity index is 549. The second kappa shape index (κ2) is 5.04. The van der Waals surface area contributed by atoms with Crippen molar-refractivity contribution in [2.45, 2.75) is 19.9 Å². The molecule has 18 heavy (non-hydrogen) atoms. The highest BCUT2D eigenvalue weighted by molar-refractivity contribution is 5.94. The number of aryl methyl sites for hydroxylation is 1. The number of carbonyl (C=O) groups is 1. The molecule has 94 valence electrons. The van der Waals surface area contributed by atoms with E-state index in [1.165, 1.54) is 6.07 Å². The summed E-state index contributed by atoms with van der Waals surface area (Å²) in [5.74, 6) is -0.0398. The highest BCUT2D eigenvalue weighted by atomic mass is 19.1. The van der Waals surface area contributed by atoms with Crippen LogP contribution in [0.5, 0.6) is 0 Å². The molecule has 4 heteroatoms. The molecule has 0 radical (unpaired) electrons. The zero-order chi connectivity index (χ0) is 13.1. The first-order chi connectivity index (χ1) is 8.58. The van der Waals surface area contributed by atoms with Crippen LogP contribution in [0.1, 0.15) is 34.6 Å². The highest BCUT2D eigenvalue weighted by Gasteiger charge is 2.14. The monoisotopic (exact) mass is 247 g/mol. The fourth-order valence-corrected chi connectivity index (χ4v) is 1.62. The molecule has 0 saturated carbocycles. The summed E-state index contributed by atoms with van der Waals surface area (Å²) in [7, 11) is 0. The Morgan fingerprint density at radius 3 is 2.78 bits per heavy atom. The van der Waals surface area contributed by atoms with Crippen molar-refractivity contribution >= 4 is 5.91 Å². The van der Waals surface area contributed by atoms with Crippen molar-refractivity contribution in [2.75, 3.05) is 0 Å². The van der Waals surface area contributed by atoms with Crippen LogP contribution in [-0.4, -0.2) is 5.91 Å². The molecule has 1 aromatic carbocycles. The van der Waals surface area contributed by atoms with Gasteiger partial charge in [-0.15, -0.1) is 0 Å². The lowest BCUT2D eigenvalue weighted by atomic mass is 10.1. The third-order valence-corrected chi connectivity index (χ3v) is 2.75. The SMILES string of the molecule is Cc1ccc(C(=O)N[C@H](C)c2ccco2)cc1F. The molecule has 2 aromatic rings. The molecule has 0 aliphatic rings. The Hall–Kier alpha value is -2.10. The highest BCUT2D eigenvalue weighted by Crippen LogP contribution is 2.14. The summed E-state index contributed by atoms with van der Waals surface area (Å²) in [6, 6.07) is 7.70. The van der Waals surface area contributed by atoms with Crippen LogP contribution in [-0.2, 0) is 0 Å². The van der Waals surface area contributed by atoms with E-state index in [9.17, 15) is 9.18 Å². The molecule has 1 heterocycles. The van der Waals surface area contributed by atoms with Gasteiger partial charge >= 0.3 is 0 Å². The van der Waals surface area contributed by atoms with E-state index in [-0.39, 0.29) is 17.8 Å². The third-order valence-electron chi connectivity index (χ3n) is 2.75. The molecule has 0 saturated heterocycles. The van der Waals surface area contributed by atoms with E-state index in [0.29, 0.717) is 16.9 Å². The number of amides is 1. The maximum atomic E-state index is 13.4. The van der Waals surface area contributed by atoms with Crippen LogP contribution >= 0.6 is 0 Å². The van der Waals surface area contributed by atoms with Crippen LogP contribution in [0.2, 0.25) is 0 Å². The molecule has 0 aliphatic heterocycles. The predicted octanol–water partition coefficient (Wildman–Crippen LogP) is 3.22. The number of rotatable bonds is 3. The van der Waals surface area contributed by atoms with E-state index in [2.05, 4.69) is 5.32 Å². The van der Waals surface area contributed by atoms with Gasteiger partial charge in [0, 0.05) is 5.56 Å². The number of halogens is 1.